The number of benzene rings is 1. The molecule has 2 atom stereocenters. The summed E-state index contributed by atoms with van der Waals surface area (Å²) in [5, 5.41) is 33.4. The van der Waals surface area contributed by atoms with Crippen LogP contribution >= 0.6 is 0 Å². The van der Waals surface area contributed by atoms with E-state index in [0.717, 1.165) is 5.56 Å². The lowest BCUT2D eigenvalue weighted by Crippen LogP contribution is -2.56. The van der Waals surface area contributed by atoms with Gasteiger partial charge in [0.25, 0.3) is 11.8 Å². The normalized spacial score (nSPS) is 18.2. The van der Waals surface area contributed by atoms with Gasteiger partial charge in [0.15, 0.2) is 0 Å². The van der Waals surface area contributed by atoms with Crippen LogP contribution in [0, 0.1) is 5.92 Å². The molecule has 1 aliphatic heterocycles. The maximum Gasteiger partial charge on any atom is 0.475 e. The molecule has 0 saturated heterocycles. The minimum Gasteiger partial charge on any atom is -0.426 e. The highest BCUT2D eigenvalue weighted by Crippen LogP contribution is 2.29. The molecule has 2 heterocycles. The quantitative estimate of drug-likeness (QED) is 0.358. The fourth-order valence-electron chi connectivity index (χ4n) is 3.95. The van der Waals surface area contributed by atoms with Gasteiger partial charge < -0.3 is 25.5 Å². The molecule has 11 heteroatoms. The predicted octanol–water partition coefficient (Wildman–Crippen LogP) is 1.49. The topological polar surface area (TPSA) is 138 Å². The number of nitrogens with one attached hydrogen (secondary N) is 2. The number of hydrogen-bond donors (Lipinski definition) is 4. The van der Waals surface area contributed by atoms with E-state index >= 15 is 0 Å². The molecule has 0 spiro atoms. The summed E-state index contributed by atoms with van der Waals surface area (Å²) >= 11 is 0. The van der Waals surface area contributed by atoms with Gasteiger partial charge in [0.05, 0.1) is 30.0 Å². The van der Waals surface area contributed by atoms with Crippen molar-refractivity contribution < 1.29 is 24.5 Å². The van der Waals surface area contributed by atoms with Crippen LogP contribution in [-0.2, 0) is 16.1 Å². The maximum absolute atomic E-state index is 13.4. The monoisotopic (exact) mass is 483 g/mol. The minimum absolute atomic E-state index is 0.105. The molecule has 10 nitrogen and oxygen atoms in total. The Morgan fingerprint density at radius 1 is 1.20 bits per heavy atom. The number of amides is 2. The lowest BCUT2D eigenvalue weighted by atomic mass is 9.74. The molecule has 0 bridgehead atoms. The molecule has 3 rings (SSSR count). The van der Waals surface area contributed by atoms with E-state index in [9.17, 15) is 19.6 Å². The summed E-state index contributed by atoms with van der Waals surface area (Å²) in [7, 11) is -1.71. The second-order valence-corrected chi connectivity index (χ2v) is 9.69. The molecule has 35 heavy (non-hydrogen) atoms. The largest absolute Gasteiger partial charge is 0.475 e. The van der Waals surface area contributed by atoms with Crippen LogP contribution in [0.1, 0.15) is 62.5 Å². The van der Waals surface area contributed by atoms with Gasteiger partial charge in [-0.25, -0.2) is 0 Å². The average molecular weight is 483 g/mol. The fraction of sp³-hybridized carbons (Fsp3) is 0.500. The van der Waals surface area contributed by atoms with Crippen LogP contribution in [0.4, 0.5) is 0 Å². The number of aromatic nitrogens is 2. The van der Waals surface area contributed by atoms with E-state index in [2.05, 4.69) is 20.9 Å². The van der Waals surface area contributed by atoms with Crippen molar-refractivity contribution in [1.29, 1.82) is 0 Å². The SMILES string of the molecule is CC(C)C[C@H](NC(=O)C1(Cc2ccccc2)CC(CNC(=O)c2cnn(C(C)C)c2)=NO1)B(O)O. The highest BCUT2D eigenvalue weighted by Gasteiger charge is 2.48. The summed E-state index contributed by atoms with van der Waals surface area (Å²) < 4.78 is 1.70. The number of rotatable bonds is 11. The molecule has 1 unspecified atom stereocenters. The van der Waals surface area contributed by atoms with Crippen molar-refractivity contribution in [2.24, 2.45) is 11.1 Å². The second kappa shape index (κ2) is 11.5. The van der Waals surface area contributed by atoms with E-state index in [-0.39, 0.29) is 37.3 Å². The Morgan fingerprint density at radius 3 is 2.51 bits per heavy atom. The highest BCUT2D eigenvalue weighted by molar-refractivity contribution is 6.43. The Hall–Kier alpha value is -3.18. The number of hydrogen-bond acceptors (Lipinski definition) is 7. The zero-order valence-corrected chi connectivity index (χ0v) is 20.6. The van der Waals surface area contributed by atoms with Gasteiger partial charge in [-0.1, -0.05) is 49.3 Å². The number of carbonyl (C=O) groups excluding carboxylic acids is 2. The van der Waals surface area contributed by atoms with Gasteiger partial charge in [-0.15, -0.1) is 0 Å². The Balaban J connectivity index is 1.71. The van der Waals surface area contributed by atoms with Gasteiger partial charge in [-0.2, -0.15) is 5.10 Å². The fourth-order valence-corrected chi connectivity index (χ4v) is 3.95. The standard InChI is InChI=1S/C24H34BN5O5/c1-16(2)10-21(25(33)34)28-23(32)24(11-18-8-6-5-7-9-18)12-20(29-35-24)14-26-22(31)19-13-27-30(15-19)17(3)4/h5-9,13,15-17,21,33-34H,10-12,14H2,1-4H3,(H,26,31)(H,28,32)/t21-,24?/m0/s1. The molecule has 0 saturated carbocycles. The lowest BCUT2D eigenvalue weighted by molar-refractivity contribution is -0.144. The summed E-state index contributed by atoms with van der Waals surface area (Å²) in [6, 6.07) is 9.53. The Kier molecular flexibility index (Phi) is 8.69. The first-order valence-corrected chi connectivity index (χ1v) is 11.9. The molecule has 0 aliphatic carbocycles. The van der Waals surface area contributed by atoms with Crippen LogP contribution in [0.15, 0.2) is 47.9 Å². The first-order valence-electron chi connectivity index (χ1n) is 11.9. The van der Waals surface area contributed by atoms with Crippen molar-refractivity contribution in [3.05, 3.63) is 53.9 Å². The van der Waals surface area contributed by atoms with Crippen LogP contribution in [0.2, 0.25) is 0 Å². The van der Waals surface area contributed by atoms with Crippen LogP contribution in [0.25, 0.3) is 0 Å². The zero-order chi connectivity index (χ0) is 25.6. The van der Waals surface area contributed by atoms with Crippen molar-refractivity contribution in [3.8, 4) is 0 Å². The summed E-state index contributed by atoms with van der Waals surface area (Å²) in [6.45, 7) is 7.91. The molecule has 2 aromatic rings. The van der Waals surface area contributed by atoms with Gasteiger partial charge >= 0.3 is 7.12 Å². The van der Waals surface area contributed by atoms with E-state index in [0.29, 0.717) is 17.7 Å². The second-order valence-electron chi connectivity index (χ2n) is 9.69. The molecule has 4 N–H and O–H groups in total. The Labute approximate surface area is 205 Å². The predicted molar refractivity (Wildman–Crippen MR) is 133 cm³/mol. The third kappa shape index (κ3) is 6.92. The Bertz CT molecular complexity index is 1040. The maximum atomic E-state index is 13.4. The third-order valence-corrected chi connectivity index (χ3v) is 5.83. The summed E-state index contributed by atoms with van der Waals surface area (Å²) in [4.78, 5) is 31.7. The number of carbonyl (C=O) groups is 2. The Morgan fingerprint density at radius 2 is 1.91 bits per heavy atom. The van der Waals surface area contributed by atoms with E-state index in [1.165, 1.54) is 6.20 Å². The first kappa shape index (κ1) is 26.4. The lowest BCUT2D eigenvalue weighted by Gasteiger charge is -2.29. The van der Waals surface area contributed by atoms with Crippen molar-refractivity contribution in [1.82, 2.24) is 20.4 Å². The molecular formula is C24H34BN5O5. The zero-order valence-electron chi connectivity index (χ0n) is 20.6. The van der Waals surface area contributed by atoms with Crippen molar-refractivity contribution in [2.75, 3.05) is 6.54 Å². The molecule has 2 amide bonds. The molecule has 1 aromatic heterocycles. The van der Waals surface area contributed by atoms with Crippen LogP contribution in [-0.4, -0.2) is 62.6 Å². The molecular weight excluding hydrogens is 449 g/mol. The summed E-state index contributed by atoms with van der Waals surface area (Å²) in [6.07, 6.45) is 3.95. The van der Waals surface area contributed by atoms with Crippen LogP contribution < -0.4 is 10.6 Å². The van der Waals surface area contributed by atoms with E-state index < -0.39 is 24.6 Å². The van der Waals surface area contributed by atoms with Crippen molar-refractivity contribution in [2.45, 2.75) is 64.5 Å². The molecule has 1 aliphatic rings. The summed E-state index contributed by atoms with van der Waals surface area (Å²) in [5.41, 5.74) is 0.438. The van der Waals surface area contributed by atoms with Gasteiger partial charge in [0, 0.05) is 25.1 Å². The van der Waals surface area contributed by atoms with Crippen molar-refractivity contribution >= 4 is 24.6 Å². The minimum atomic E-state index is -1.71. The van der Waals surface area contributed by atoms with Gasteiger partial charge in [-0.05, 0) is 31.7 Å². The first-order chi connectivity index (χ1) is 16.6. The molecule has 188 valence electrons. The molecule has 1 aromatic carbocycles. The van der Waals surface area contributed by atoms with Crippen LogP contribution in [0.5, 0.6) is 0 Å². The smallest absolute Gasteiger partial charge is 0.426 e. The van der Waals surface area contributed by atoms with Gasteiger partial charge in [-0.3, -0.25) is 14.3 Å². The number of nitrogens with zero attached hydrogens (tertiary/aromatic N) is 3. The third-order valence-electron chi connectivity index (χ3n) is 5.83. The highest BCUT2D eigenvalue weighted by atomic mass is 16.7. The van der Waals surface area contributed by atoms with Crippen molar-refractivity contribution in [3.63, 3.8) is 0 Å². The molecule has 0 fully saturated rings. The number of oxime groups is 1. The van der Waals surface area contributed by atoms with Gasteiger partial charge in [0.2, 0.25) is 5.60 Å². The van der Waals surface area contributed by atoms with E-state index in [4.69, 9.17) is 4.84 Å². The van der Waals surface area contributed by atoms with E-state index in [1.807, 2.05) is 58.0 Å². The van der Waals surface area contributed by atoms with Gasteiger partial charge in [0.1, 0.15) is 0 Å². The molecule has 0 radical (unpaired) electrons. The van der Waals surface area contributed by atoms with E-state index in [1.54, 1.807) is 10.9 Å². The van der Waals surface area contributed by atoms with Crippen LogP contribution in [0.3, 0.4) is 0 Å². The average Bonchev–Trinajstić information content (AvgIpc) is 3.46. The summed E-state index contributed by atoms with van der Waals surface area (Å²) in [5.74, 6) is -1.49.